The van der Waals surface area contributed by atoms with Gasteiger partial charge in [-0.3, -0.25) is 4.79 Å². The summed E-state index contributed by atoms with van der Waals surface area (Å²) in [6, 6.07) is 14.0. The third kappa shape index (κ3) is 3.70. The third-order valence-electron chi connectivity index (χ3n) is 4.12. The van der Waals surface area contributed by atoms with Gasteiger partial charge in [0.2, 0.25) is 5.91 Å². The fourth-order valence-electron chi connectivity index (χ4n) is 2.86. The summed E-state index contributed by atoms with van der Waals surface area (Å²) in [5.41, 5.74) is 3.61. The van der Waals surface area contributed by atoms with E-state index in [0.29, 0.717) is 11.4 Å². The van der Waals surface area contributed by atoms with Gasteiger partial charge in [-0.05, 0) is 61.6 Å². The molecule has 0 saturated carbocycles. The smallest absolute Gasteiger partial charge is 0.237 e. The molecule has 3 rings (SSSR count). The lowest BCUT2D eigenvalue weighted by Crippen LogP contribution is -2.22. The molecule has 120 valence electrons. The molecule has 1 atom stereocenters. The van der Waals surface area contributed by atoms with E-state index in [-0.39, 0.29) is 11.2 Å². The summed E-state index contributed by atoms with van der Waals surface area (Å²) in [7, 11) is 1.60. The van der Waals surface area contributed by atoms with E-state index in [0.717, 1.165) is 11.3 Å². The standard InChI is InChI=1S/C19H21NO2S/c1-13(19(21)20-17-8-3-4-9-18(17)22-2)23-16-11-10-14-6-5-7-15(14)12-16/h3-4,8-13H,5-7H2,1-2H3,(H,20,21)/t13-/m0/s1. The molecule has 0 spiro atoms. The Morgan fingerprint density at radius 2 is 1.96 bits per heavy atom. The van der Waals surface area contributed by atoms with Crippen LogP contribution in [-0.4, -0.2) is 18.3 Å². The molecule has 0 heterocycles. The van der Waals surface area contributed by atoms with Gasteiger partial charge in [-0.1, -0.05) is 18.2 Å². The summed E-state index contributed by atoms with van der Waals surface area (Å²) in [6.45, 7) is 1.93. The lowest BCUT2D eigenvalue weighted by atomic mass is 10.1. The van der Waals surface area contributed by atoms with Crippen molar-refractivity contribution in [3.63, 3.8) is 0 Å². The Hall–Kier alpha value is -1.94. The number of carbonyl (C=O) groups is 1. The van der Waals surface area contributed by atoms with Crippen molar-refractivity contribution in [1.29, 1.82) is 0 Å². The fraction of sp³-hybridized carbons (Fsp3) is 0.316. The Morgan fingerprint density at radius 1 is 1.17 bits per heavy atom. The van der Waals surface area contributed by atoms with Gasteiger partial charge in [0.15, 0.2) is 0 Å². The monoisotopic (exact) mass is 327 g/mol. The zero-order valence-electron chi connectivity index (χ0n) is 13.5. The Labute approximate surface area is 141 Å². The molecular weight excluding hydrogens is 306 g/mol. The van der Waals surface area contributed by atoms with Crippen LogP contribution in [0.4, 0.5) is 5.69 Å². The fourth-order valence-corrected chi connectivity index (χ4v) is 3.79. The van der Waals surface area contributed by atoms with E-state index >= 15 is 0 Å². The Balaban J connectivity index is 1.66. The number of anilines is 1. The predicted octanol–water partition coefficient (Wildman–Crippen LogP) is 4.30. The van der Waals surface area contributed by atoms with Crippen molar-refractivity contribution < 1.29 is 9.53 Å². The first-order chi connectivity index (χ1) is 11.2. The zero-order valence-corrected chi connectivity index (χ0v) is 14.3. The molecular formula is C19H21NO2S. The van der Waals surface area contributed by atoms with Gasteiger partial charge >= 0.3 is 0 Å². The number of methoxy groups -OCH3 is 1. The number of benzene rings is 2. The second kappa shape index (κ2) is 7.09. The van der Waals surface area contributed by atoms with Crippen molar-refractivity contribution in [3.05, 3.63) is 53.6 Å². The van der Waals surface area contributed by atoms with Gasteiger partial charge in [-0.2, -0.15) is 0 Å². The molecule has 0 aromatic heterocycles. The van der Waals surface area contributed by atoms with Gasteiger partial charge in [-0.15, -0.1) is 11.8 Å². The van der Waals surface area contributed by atoms with E-state index < -0.39 is 0 Å². The Kier molecular flexibility index (Phi) is 4.91. The molecule has 0 fully saturated rings. The molecule has 0 saturated heterocycles. The number of para-hydroxylation sites is 2. The van der Waals surface area contributed by atoms with Gasteiger partial charge < -0.3 is 10.1 Å². The molecule has 0 aliphatic heterocycles. The van der Waals surface area contributed by atoms with Crippen molar-refractivity contribution >= 4 is 23.4 Å². The van der Waals surface area contributed by atoms with Crippen LogP contribution in [0.2, 0.25) is 0 Å². The number of fused-ring (bicyclic) bond motifs is 1. The molecule has 0 bridgehead atoms. The molecule has 0 unspecified atom stereocenters. The summed E-state index contributed by atoms with van der Waals surface area (Å²) in [5.74, 6) is 0.663. The normalized spacial score (nSPS) is 14.2. The SMILES string of the molecule is COc1ccccc1NC(=O)[C@H](C)Sc1ccc2c(c1)CCC2. The largest absolute Gasteiger partial charge is 0.495 e. The zero-order chi connectivity index (χ0) is 16.2. The van der Waals surface area contributed by atoms with Crippen LogP contribution in [0.5, 0.6) is 5.75 Å². The average Bonchev–Trinajstić information content (AvgIpc) is 3.03. The maximum atomic E-state index is 12.4. The number of amides is 1. The van der Waals surface area contributed by atoms with Gasteiger partial charge in [-0.25, -0.2) is 0 Å². The van der Waals surface area contributed by atoms with Crippen molar-refractivity contribution in [1.82, 2.24) is 0 Å². The first kappa shape index (κ1) is 15.9. The molecule has 1 aliphatic rings. The first-order valence-corrected chi connectivity index (χ1v) is 8.77. The second-order valence-electron chi connectivity index (χ2n) is 5.73. The molecule has 4 heteroatoms. The molecule has 1 aliphatic carbocycles. The molecule has 2 aromatic carbocycles. The molecule has 2 aromatic rings. The van der Waals surface area contributed by atoms with E-state index in [1.807, 2.05) is 31.2 Å². The van der Waals surface area contributed by atoms with E-state index in [1.165, 1.54) is 24.0 Å². The first-order valence-electron chi connectivity index (χ1n) is 7.89. The van der Waals surface area contributed by atoms with Crippen molar-refractivity contribution in [2.75, 3.05) is 12.4 Å². The number of ether oxygens (including phenoxy) is 1. The maximum absolute atomic E-state index is 12.4. The number of aryl methyl sites for hydroxylation is 2. The maximum Gasteiger partial charge on any atom is 0.237 e. The van der Waals surface area contributed by atoms with Crippen LogP contribution < -0.4 is 10.1 Å². The Bertz CT molecular complexity index is 714. The number of hydrogen-bond donors (Lipinski definition) is 1. The number of hydrogen-bond acceptors (Lipinski definition) is 3. The molecule has 23 heavy (non-hydrogen) atoms. The minimum atomic E-state index is -0.167. The van der Waals surface area contributed by atoms with Crippen LogP contribution in [-0.2, 0) is 17.6 Å². The summed E-state index contributed by atoms with van der Waals surface area (Å²) in [5, 5.41) is 2.78. The van der Waals surface area contributed by atoms with Gasteiger partial charge in [0.25, 0.3) is 0 Å². The van der Waals surface area contributed by atoms with Gasteiger partial charge in [0.1, 0.15) is 5.75 Å². The van der Waals surface area contributed by atoms with Crippen LogP contribution >= 0.6 is 11.8 Å². The van der Waals surface area contributed by atoms with Gasteiger partial charge in [0.05, 0.1) is 18.0 Å². The predicted molar refractivity (Wildman–Crippen MR) is 95.4 cm³/mol. The summed E-state index contributed by atoms with van der Waals surface area (Å²) < 4.78 is 5.27. The van der Waals surface area contributed by atoms with Crippen LogP contribution in [0, 0.1) is 0 Å². The highest BCUT2D eigenvalue weighted by atomic mass is 32.2. The van der Waals surface area contributed by atoms with Crippen LogP contribution in [0.1, 0.15) is 24.5 Å². The second-order valence-corrected chi connectivity index (χ2v) is 7.15. The quantitative estimate of drug-likeness (QED) is 0.832. The van der Waals surface area contributed by atoms with Crippen LogP contribution in [0.25, 0.3) is 0 Å². The molecule has 1 amide bonds. The highest BCUT2D eigenvalue weighted by Crippen LogP contribution is 2.31. The summed E-state index contributed by atoms with van der Waals surface area (Å²) >= 11 is 1.60. The average molecular weight is 327 g/mol. The number of nitrogens with one attached hydrogen (secondary N) is 1. The molecule has 3 nitrogen and oxygen atoms in total. The number of carbonyl (C=O) groups excluding carboxylic acids is 1. The number of thioether (sulfide) groups is 1. The minimum absolute atomic E-state index is 0.0139. The summed E-state index contributed by atoms with van der Waals surface area (Å²) in [6.07, 6.45) is 3.59. The molecule has 0 radical (unpaired) electrons. The lowest BCUT2D eigenvalue weighted by molar-refractivity contribution is -0.115. The highest BCUT2D eigenvalue weighted by molar-refractivity contribution is 8.00. The highest BCUT2D eigenvalue weighted by Gasteiger charge is 2.18. The third-order valence-corrected chi connectivity index (χ3v) is 5.21. The summed E-state index contributed by atoms with van der Waals surface area (Å²) in [4.78, 5) is 13.6. The van der Waals surface area contributed by atoms with E-state index in [9.17, 15) is 4.79 Å². The van der Waals surface area contributed by atoms with E-state index in [2.05, 4.69) is 23.5 Å². The molecule has 1 N–H and O–H groups in total. The van der Waals surface area contributed by atoms with Crippen molar-refractivity contribution in [3.8, 4) is 5.75 Å². The van der Waals surface area contributed by atoms with Crippen molar-refractivity contribution in [2.24, 2.45) is 0 Å². The van der Waals surface area contributed by atoms with E-state index in [4.69, 9.17) is 4.74 Å². The van der Waals surface area contributed by atoms with Crippen LogP contribution in [0.15, 0.2) is 47.4 Å². The van der Waals surface area contributed by atoms with Crippen molar-refractivity contribution in [2.45, 2.75) is 36.3 Å². The van der Waals surface area contributed by atoms with Gasteiger partial charge in [0, 0.05) is 4.90 Å². The minimum Gasteiger partial charge on any atom is -0.495 e. The number of rotatable bonds is 5. The lowest BCUT2D eigenvalue weighted by Gasteiger charge is -2.14. The Morgan fingerprint density at radius 3 is 2.78 bits per heavy atom. The van der Waals surface area contributed by atoms with E-state index in [1.54, 1.807) is 18.9 Å². The van der Waals surface area contributed by atoms with Crippen LogP contribution in [0.3, 0.4) is 0 Å². The topological polar surface area (TPSA) is 38.3 Å².